The van der Waals surface area contributed by atoms with Gasteiger partial charge in [0, 0.05) is 0 Å². The molecule has 214 valence electrons. The van der Waals surface area contributed by atoms with Crippen molar-refractivity contribution in [3.63, 3.8) is 0 Å². The first-order chi connectivity index (χ1) is 18.6. The maximum atomic E-state index is 12.4. The summed E-state index contributed by atoms with van der Waals surface area (Å²) in [6, 6.07) is 13.3. The van der Waals surface area contributed by atoms with Crippen LogP contribution in [-0.2, 0) is 18.9 Å². The summed E-state index contributed by atoms with van der Waals surface area (Å²) in [5, 5.41) is 0. The van der Waals surface area contributed by atoms with Crippen LogP contribution in [0.1, 0.15) is 76.1 Å². The van der Waals surface area contributed by atoms with Gasteiger partial charge in [0.1, 0.15) is 23.7 Å². The Hall–Kier alpha value is -3.10. The highest BCUT2D eigenvalue weighted by Crippen LogP contribution is 2.31. The van der Waals surface area contributed by atoms with E-state index in [-0.39, 0.29) is 13.2 Å². The van der Waals surface area contributed by atoms with Gasteiger partial charge >= 0.3 is 11.9 Å². The molecule has 2 aliphatic heterocycles. The van der Waals surface area contributed by atoms with Crippen LogP contribution in [0.3, 0.4) is 0 Å². The Bertz CT molecular complexity index is 820. The van der Waals surface area contributed by atoms with Crippen LogP contribution in [-0.4, -0.2) is 63.8 Å². The molecule has 0 amide bonds. The molecule has 0 bridgehead atoms. The van der Waals surface area contributed by atoms with Crippen LogP contribution < -0.4 is 9.47 Å². The van der Waals surface area contributed by atoms with Gasteiger partial charge in [-0.15, -0.1) is 0 Å². The number of ether oxygens (including phenoxy) is 6. The van der Waals surface area contributed by atoms with E-state index in [1.165, 1.54) is 0 Å². The van der Waals surface area contributed by atoms with Crippen molar-refractivity contribution in [2.75, 3.05) is 27.4 Å². The number of carbonyl (C=O) groups is 2. The Kier molecular flexibility index (Phi) is 18.3. The van der Waals surface area contributed by atoms with Crippen molar-refractivity contribution < 1.29 is 38.0 Å². The lowest BCUT2D eigenvalue weighted by atomic mass is 10.1. The molecule has 38 heavy (non-hydrogen) atoms. The average molecular weight is 535 g/mol. The molecule has 2 aromatic rings. The first kappa shape index (κ1) is 34.9. The molecule has 2 fully saturated rings. The van der Waals surface area contributed by atoms with Crippen molar-refractivity contribution in [2.45, 2.75) is 79.8 Å². The Morgan fingerprint density at radius 2 is 0.868 bits per heavy atom. The fraction of sp³-hybridized carbons (Fsp3) is 0.533. The summed E-state index contributed by atoms with van der Waals surface area (Å²) in [4.78, 5) is 24.8. The molecule has 0 radical (unpaired) electrons. The van der Waals surface area contributed by atoms with Crippen molar-refractivity contribution in [1.29, 1.82) is 0 Å². The van der Waals surface area contributed by atoms with E-state index in [9.17, 15) is 9.59 Å². The first-order valence-corrected chi connectivity index (χ1v) is 13.5. The van der Waals surface area contributed by atoms with Crippen LogP contribution in [0.25, 0.3) is 0 Å². The zero-order valence-corrected chi connectivity index (χ0v) is 24.6. The second-order valence-electron chi connectivity index (χ2n) is 6.94. The normalized spacial score (nSPS) is 20.2. The van der Waals surface area contributed by atoms with Crippen LogP contribution in [0.2, 0.25) is 0 Å². The van der Waals surface area contributed by atoms with Crippen LogP contribution in [0.5, 0.6) is 11.5 Å². The number of esters is 2. The van der Waals surface area contributed by atoms with E-state index in [1.807, 2.05) is 55.4 Å². The van der Waals surface area contributed by atoms with E-state index in [4.69, 9.17) is 28.4 Å². The van der Waals surface area contributed by atoms with Gasteiger partial charge in [0.05, 0.1) is 38.6 Å². The molecule has 0 aromatic heterocycles. The number of hydrogen-bond acceptors (Lipinski definition) is 8. The lowest BCUT2D eigenvalue weighted by molar-refractivity contribution is -0.0287. The number of carbonyl (C=O) groups excluding carboxylic acids is 2. The summed E-state index contributed by atoms with van der Waals surface area (Å²) in [5.74, 6) is 0.344. The number of rotatable bonds is 6. The third-order valence-electron chi connectivity index (χ3n) is 5.13. The van der Waals surface area contributed by atoms with Gasteiger partial charge in [-0.1, -0.05) is 55.4 Å². The number of fused-ring (bicyclic) bond motifs is 1. The zero-order chi connectivity index (χ0) is 29.1. The summed E-state index contributed by atoms with van der Waals surface area (Å²) in [6.45, 7) is 16.3. The molecule has 0 unspecified atom stereocenters. The molecule has 0 aliphatic carbocycles. The molecule has 0 spiro atoms. The Labute approximate surface area is 228 Å². The quantitative estimate of drug-likeness (QED) is 0.396. The van der Waals surface area contributed by atoms with Gasteiger partial charge in [-0.3, -0.25) is 0 Å². The Morgan fingerprint density at radius 3 is 1.13 bits per heavy atom. The monoisotopic (exact) mass is 534 g/mol. The molecule has 8 heteroatoms. The second-order valence-corrected chi connectivity index (χ2v) is 6.94. The lowest BCUT2D eigenvalue weighted by Crippen LogP contribution is -2.36. The highest BCUT2D eigenvalue weighted by Gasteiger charge is 2.51. The molecule has 2 saturated heterocycles. The molecule has 0 saturated carbocycles. The number of hydrogen-bond donors (Lipinski definition) is 0. The largest absolute Gasteiger partial charge is 0.497 e. The van der Waals surface area contributed by atoms with E-state index >= 15 is 0 Å². The van der Waals surface area contributed by atoms with E-state index in [1.54, 1.807) is 62.8 Å². The van der Waals surface area contributed by atoms with Gasteiger partial charge < -0.3 is 28.4 Å². The number of benzene rings is 2. The van der Waals surface area contributed by atoms with Crippen LogP contribution >= 0.6 is 0 Å². The predicted octanol–water partition coefficient (Wildman–Crippen LogP) is 6.36. The molecular weight excluding hydrogens is 488 g/mol. The SMILES string of the molecule is CC.CC.CC.CC.COc1ccc(C(=O)O[C@@H]2CO[C@H]3[C@@H]2OC[C@H]3OC(=O)c2ccc(OC)cc2)cc1. The molecule has 8 nitrogen and oxygen atoms in total. The summed E-state index contributed by atoms with van der Waals surface area (Å²) in [7, 11) is 3.11. The molecular formula is C30H46O8. The minimum absolute atomic E-state index is 0.174. The van der Waals surface area contributed by atoms with E-state index < -0.39 is 36.4 Å². The lowest BCUT2D eigenvalue weighted by Gasteiger charge is -2.17. The zero-order valence-electron chi connectivity index (χ0n) is 24.6. The van der Waals surface area contributed by atoms with E-state index in [0.29, 0.717) is 22.6 Å². The smallest absolute Gasteiger partial charge is 0.338 e. The van der Waals surface area contributed by atoms with Crippen molar-refractivity contribution in [2.24, 2.45) is 0 Å². The molecule has 4 rings (SSSR count). The maximum Gasteiger partial charge on any atom is 0.338 e. The molecule has 2 aliphatic rings. The summed E-state index contributed by atoms with van der Waals surface area (Å²) in [6.07, 6.45) is -2.12. The molecule has 2 aromatic carbocycles. The highest BCUT2D eigenvalue weighted by molar-refractivity contribution is 5.90. The van der Waals surface area contributed by atoms with Gasteiger partial charge in [0.15, 0.2) is 12.2 Å². The highest BCUT2D eigenvalue weighted by atomic mass is 16.7. The van der Waals surface area contributed by atoms with Gasteiger partial charge in [0.2, 0.25) is 0 Å². The van der Waals surface area contributed by atoms with Gasteiger partial charge in [-0.05, 0) is 48.5 Å². The van der Waals surface area contributed by atoms with Crippen molar-refractivity contribution in [3.05, 3.63) is 59.7 Å². The molecule has 0 N–H and O–H groups in total. The standard InChI is InChI=1S/C22H22O8.4C2H6/c1-25-15-7-3-13(4-8-15)21(23)29-17-11-27-20-18(12-28-19(17)20)30-22(24)14-5-9-16(26-2)10-6-14;4*1-2/h3-10,17-20H,11-12H2,1-2H3;4*1-2H3/t17-,18-,19-,20-;;;;/m1..../s1. The molecule has 4 atom stereocenters. The van der Waals surface area contributed by atoms with Crippen LogP contribution in [0.4, 0.5) is 0 Å². The van der Waals surface area contributed by atoms with Crippen molar-refractivity contribution in [3.8, 4) is 11.5 Å². The van der Waals surface area contributed by atoms with Crippen LogP contribution in [0, 0.1) is 0 Å². The number of methoxy groups -OCH3 is 2. The summed E-state index contributed by atoms with van der Waals surface area (Å²) in [5.41, 5.74) is 0.805. The maximum absolute atomic E-state index is 12.4. The van der Waals surface area contributed by atoms with Crippen LogP contribution in [0.15, 0.2) is 48.5 Å². The fourth-order valence-corrected chi connectivity index (χ4v) is 3.50. The van der Waals surface area contributed by atoms with Crippen molar-refractivity contribution in [1.82, 2.24) is 0 Å². The minimum Gasteiger partial charge on any atom is -0.497 e. The van der Waals surface area contributed by atoms with Gasteiger partial charge in [0.25, 0.3) is 0 Å². The van der Waals surface area contributed by atoms with Gasteiger partial charge in [-0.25, -0.2) is 9.59 Å². The topological polar surface area (TPSA) is 89.5 Å². The van der Waals surface area contributed by atoms with E-state index in [2.05, 4.69) is 0 Å². The van der Waals surface area contributed by atoms with E-state index in [0.717, 1.165) is 0 Å². The Balaban J connectivity index is 0.00000157. The minimum atomic E-state index is -0.575. The second kappa shape index (κ2) is 19.9. The first-order valence-electron chi connectivity index (χ1n) is 13.5. The average Bonchev–Trinajstić information content (AvgIpc) is 3.60. The van der Waals surface area contributed by atoms with Gasteiger partial charge in [-0.2, -0.15) is 0 Å². The third-order valence-corrected chi connectivity index (χ3v) is 5.13. The Morgan fingerprint density at radius 1 is 0.579 bits per heavy atom. The predicted molar refractivity (Wildman–Crippen MR) is 149 cm³/mol. The summed E-state index contributed by atoms with van der Waals surface area (Å²) < 4.78 is 32.8. The molecule has 2 heterocycles. The van der Waals surface area contributed by atoms with Crippen molar-refractivity contribution >= 4 is 11.9 Å². The third kappa shape index (κ3) is 9.65. The summed E-state index contributed by atoms with van der Waals surface area (Å²) >= 11 is 0. The fourth-order valence-electron chi connectivity index (χ4n) is 3.50.